The number of carbonyl (C=O) groups is 1. The van der Waals surface area contributed by atoms with Crippen molar-refractivity contribution in [2.24, 2.45) is 0 Å². The van der Waals surface area contributed by atoms with Crippen LogP contribution in [0.3, 0.4) is 0 Å². The van der Waals surface area contributed by atoms with Gasteiger partial charge < -0.3 is 29.6 Å². The number of anilines is 1. The molecule has 9 heteroatoms. The van der Waals surface area contributed by atoms with Gasteiger partial charge in [-0.3, -0.25) is 4.79 Å². The lowest BCUT2D eigenvalue weighted by Crippen LogP contribution is -2.55. The standard InChI is InChI=1S/C28H32N4O5/c1-35-17-26-10-11-27(37-26,18-36-2)16-28(34,15-26)20-8-9-23(22(12-20)19-6-4-3-5-7-19)32-25(33)24-30-14-21(13-29)31-24/h6,8-12,14,34H,3-5,7,15-18H2,1-2H3,(H,30,31)(H,32,33)/t26-,27+,28+. The van der Waals surface area contributed by atoms with Crippen molar-refractivity contribution in [1.82, 2.24) is 9.97 Å². The second-order valence-electron chi connectivity index (χ2n) is 10.3. The fourth-order valence-corrected chi connectivity index (χ4v) is 5.94. The molecule has 1 saturated heterocycles. The average molecular weight is 505 g/mol. The van der Waals surface area contributed by atoms with Crippen molar-refractivity contribution in [3.05, 3.63) is 65.3 Å². The van der Waals surface area contributed by atoms with E-state index in [9.17, 15) is 9.90 Å². The average Bonchev–Trinajstić information content (AvgIpc) is 3.48. The lowest BCUT2D eigenvalue weighted by Gasteiger charge is -2.48. The summed E-state index contributed by atoms with van der Waals surface area (Å²) in [5, 5.41) is 24.1. The molecule has 3 atom stereocenters. The number of fused-ring (bicyclic) bond motifs is 2. The molecular formula is C28H32N4O5. The first kappa shape index (κ1) is 25.4. The van der Waals surface area contributed by atoms with Gasteiger partial charge in [-0.1, -0.05) is 24.3 Å². The SMILES string of the molecule is COC[C@@]12C=C[C@@](COC)(C[C@](O)(c3ccc(NC(=O)c4nc(C#N)c[nH]4)c(C4=CCCCC4)c3)C1)O2. The van der Waals surface area contributed by atoms with Gasteiger partial charge in [0.1, 0.15) is 17.3 Å². The van der Waals surface area contributed by atoms with Crippen molar-refractivity contribution >= 4 is 17.2 Å². The van der Waals surface area contributed by atoms with Gasteiger partial charge in [0, 0.05) is 44.5 Å². The van der Waals surface area contributed by atoms with Crippen LogP contribution in [0.15, 0.2) is 42.6 Å². The van der Waals surface area contributed by atoms with Crippen LogP contribution in [0, 0.1) is 11.3 Å². The number of hydrogen-bond acceptors (Lipinski definition) is 7. The Kier molecular flexibility index (Phi) is 6.77. The molecule has 3 aliphatic rings. The number of methoxy groups -OCH3 is 2. The van der Waals surface area contributed by atoms with Crippen LogP contribution in [0.5, 0.6) is 0 Å². The minimum absolute atomic E-state index is 0.0675. The van der Waals surface area contributed by atoms with E-state index in [0.717, 1.165) is 42.4 Å². The molecule has 1 aliphatic carbocycles. The van der Waals surface area contributed by atoms with Gasteiger partial charge in [0.15, 0.2) is 11.5 Å². The molecule has 2 aliphatic heterocycles. The van der Waals surface area contributed by atoms with Gasteiger partial charge in [-0.05, 0) is 49.0 Å². The number of carbonyl (C=O) groups excluding carboxylic acids is 1. The molecule has 3 N–H and O–H groups in total. The number of nitrogens with one attached hydrogen (secondary N) is 2. The highest BCUT2D eigenvalue weighted by Crippen LogP contribution is 2.52. The zero-order chi connectivity index (χ0) is 26.1. The van der Waals surface area contributed by atoms with Crippen molar-refractivity contribution < 1.29 is 24.1 Å². The van der Waals surface area contributed by atoms with Crippen molar-refractivity contribution in [3.63, 3.8) is 0 Å². The first-order valence-electron chi connectivity index (χ1n) is 12.5. The molecule has 1 fully saturated rings. The number of H-pyrrole nitrogens is 1. The molecular weight excluding hydrogens is 472 g/mol. The minimum Gasteiger partial charge on any atom is -0.385 e. The fourth-order valence-electron chi connectivity index (χ4n) is 5.94. The van der Waals surface area contributed by atoms with Crippen LogP contribution in [-0.2, 0) is 19.8 Å². The first-order valence-corrected chi connectivity index (χ1v) is 12.5. The highest BCUT2D eigenvalue weighted by molar-refractivity contribution is 6.03. The van der Waals surface area contributed by atoms with Crippen molar-refractivity contribution in [3.8, 4) is 6.07 Å². The zero-order valence-electron chi connectivity index (χ0n) is 21.2. The molecule has 194 valence electrons. The van der Waals surface area contributed by atoms with Gasteiger partial charge in [0.05, 0.1) is 18.8 Å². The third-order valence-electron chi connectivity index (χ3n) is 7.41. The van der Waals surface area contributed by atoms with Gasteiger partial charge in [-0.2, -0.15) is 5.26 Å². The summed E-state index contributed by atoms with van der Waals surface area (Å²) in [5.41, 5.74) is 0.834. The molecule has 2 aromatic rings. The van der Waals surface area contributed by atoms with E-state index < -0.39 is 22.7 Å². The van der Waals surface area contributed by atoms with Crippen LogP contribution in [-0.4, -0.2) is 59.6 Å². The summed E-state index contributed by atoms with van der Waals surface area (Å²) in [6.45, 7) is 0.633. The topological polar surface area (TPSA) is 129 Å². The number of nitrogens with zero attached hydrogens (tertiary/aromatic N) is 2. The number of aromatic amines is 1. The molecule has 0 spiro atoms. The maximum absolute atomic E-state index is 12.9. The minimum atomic E-state index is -1.20. The zero-order valence-corrected chi connectivity index (χ0v) is 21.2. The van der Waals surface area contributed by atoms with Crippen LogP contribution in [0.4, 0.5) is 5.69 Å². The first-order chi connectivity index (χ1) is 17.8. The Labute approximate surface area is 216 Å². The quantitative estimate of drug-likeness (QED) is 0.466. The van der Waals surface area contributed by atoms with E-state index in [1.807, 2.05) is 36.4 Å². The molecule has 2 bridgehead atoms. The van der Waals surface area contributed by atoms with Crippen molar-refractivity contribution in [2.45, 2.75) is 55.3 Å². The fraction of sp³-hybridized carbons (Fsp3) is 0.464. The Morgan fingerprint density at radius 3 is 2.54 bits per heavy atom. The number of rotatable bonds is 8. The molecule has 9 nitrogen and oxygen atoms in total. The Hall–Kier alpha value is -3.29. The Balaban J connectivity index is 1.52. The third-order valence-corrected chi connectivity index (χ3v) is 7.41. The Morgan fingerprint density at radius 1 is 1.22 bits per heavy atom. The smallest absolute Gasteiger partial charge is 0.291 e. The molecule has 1 amide bonds. The van der Waals surface area contributed by atoms with Gasteiger partial charge in [0.2, 0.25) is 0 Å². The maximum Gasteiger partial charge on any atom is 0.291 e. The summed E-state index contributed by atoms with van der Waals surface area (Å²) in [7, 11) is 3.25. The van der Waals surface area contributed by atoms with E-state index in [4.69, 9.17) is 19.5 Å². The van der Waals surface area contributed by atoms with Crippen LogP contribution in [0.2, 0.25) is 0 Å². The summed E-state index contributed by atoms with van der Waals surface area (Å²) >= 11 is 0. The number of imidazole rings is 1. The molecule has 0 saturated carbocycles. The van der Waals surface area contributed by atoms with E-state index in [1.165, 1.54) is 6.20 Å². The molecule has 1 aromatic heterocycles. The molecule has 0 unspecified atom stereocenters. The lowest BCUT2D eigenvalue weighted by molar-refractivity contribution is -0.225. The van der Waals surface area contributed by atoms with Crippen molar-refractivity contribution in [2.75, 3.05) is 32.8 Å². The van der Waals surface area contributed by atoms with E-state index in [2.05, 4.69) is 21.4 Å². The molecule has 0 radical (unpaired) electrons. The van der Waals surface area contributed by atoms with Crippen LogP contribution >= 0.6 is 0 Å². The predicted molar refractivity (Wildman–Crippen MR) is 137 cm³/mol. The number of hydrogen-bond donors (Lipinski definition) is 3. The second-order valence-corrected chi connectivity index (χ2v) is 10.3. The number of ether oxygens (including phenoxy) is 3. The number of allylic oxidation sites excluding steroid dienone is 2. The summed E-state index contributed by atoms with van der Waals surface area (Å²) < 4.78 is 17.4. The van der Waals surface area contributed by atoms with E-state index in [1.54, 1.807) is 14.2 Å². The third kappa shape index (κ3) is 4.86. The molecule has 1 aromatic carbocycles. The molecule has 3 heterocycles. The summed E-state index contributed by atoms with van der Waals surface area (Å²) in [6, 6.07) is 7.60. The van der Waals surface area contributed by atoms with Gasteiger partial charge in [0.25, 0.3) is 5.91 Å². The number of aromatic nitrogens is 2. The summed E-state index contributed by atoms with van der Waals surface area (Å²) in [4.78, 5) is 19.7. The summed E-state index contributed by atoms with van der Waals surface area (Å²) in [6.07, 6.45) is 12.3. The highest BCUT2D eigenvalue weighted by Gasteiger charge is 2.57. The Morgan fingerprint density at radius 2 is 1.95 bits per heavy atom. The predicted octanol–water partition coefficient (Wildman–Crippen LogP) is 3.83. The maximum atomic E-state index is 12.9. The monoisotopic (exact) mass is 504 g/mol. The van der Waals surface area contributed by atoms with Gasteiger partial charge in [-0.25, -0.2) is 4.98 Å². The molecule has 5 rings (SSSR count). The number of benzene rings is 1. The summed E-state index contributed by atoms with van der Waals surface area (Å²) in [5.74, 6) is -0.366. The largest absolute Gasteiger partial charge is 0.385 e. The van der Waals surface area contributed by atoms with Gasteiger partial charge in [-0.15, -0.1) is 0 Å². The number of aliphatic hydroxyl groups is 1. The van der Waals surface area contributed by atoms with Crippen molar-refractivity contribution in [1.29, 1.82) is 5.26 Å². The normalized spacial score (nSPS) is 28.5. The van der Waals surface area contributed by atoms with Crippen LogP contribution < -0.4 is 5.32 Å². The number of nitriles is 1. The van der Waals surface area contributed by atoms with Gasteiger partial charge >= 0.3 is 0 Å². The second kappa shape index (κ2) is 9.88. The van der Waals surface area contributed by atoms with E-state index in [-0.39, 0.29) is 11.5 Å². The van der Waals surface area contributed by atoms with Crippen LogP contribution in [0.25, 0.3) is 5.57 Å². The number of amides is 1. The van der Waals surface area contributed by atoms with E-state index in [0.29, 0.717) is 31.7 Å². The lowest BCUT2D eigenvalue weighted by atomic mass is 9.74. The highest BCUT2D eigenvalue weighted by atomic mass is 16.6. The van der Waals surface area contributed by atoms with E-state index >= 15 is 0 Å². The molecule has 37 heavy (non-hydrogen) atoms. The Bertz CT molecular complexity index is 1270. The van der Waals surface area contributed by atoms with Crippen LogP contribution in [0.1, 0.15) is 66.0 Å².